The first-order chi connectivity index (χ1) is 25.5. The molecule has 10 aromatic rings. The maximum Gasteiger partial charge on any atom is 2.00 e. The van der Waals surface area contributed by atoms with Gasteiger partial charge in [-0.25, -0.2) is 9.37 Å². The van der Waals surface area contributed by atoms with E-state index < -0.39 is 6.17 Å². The van der Waals surface area contributed by atoms with Crippen LogP contribution in [0.5, 0.6) is 0 Å². The molecule has 0 saturated heterocycles. The van der Waals surface area contributed by atoms with E-state index in [0.717, 1.165) is 61.1 Å². The Labute approximate surface area is 323 Å². The van der Waals surface area contributed by atoms with Gasteiger partial charge >= 0.3 is 21.1 Å². The molecule has 256 valence electrons. The molecule has 1 atom stereocenters. The number of halogens is 1. The molecule has 0 N–H and O–H groups in total. The largest absolute Gasteiger partial charge is 2.00 e. The molecule has 6 aromatic carbocycles. The molecule has 4 aromatic heterocycles. The molecule has 1 aliphatic heterocycles. The van der Waals surface area contributed by atoms with Gasteiger partial charge in [-0.2, -0.15) is 18.2 Å². The number of pyridine rings is 2. The maximum atomic E-state index is 17.1. The topological polar surface area (TPSA) is 33.4 Å². The smallest absolute Gasteiger partial charge is 0.333 e. The van der Waals surface area contributed by atoms with E-state index in [2.05, 4.69) is 95.9 Å². The Morgan fingerprint density at radius 2 is 1.45 bits per heavy atom. The average Bonchev–Trinajstić information content (AvgIpc) is 3.77. The van der Waals surface area contributed by atoms with Gasteiger partial charge in [0.25, 0.3) is 0 Å². The molecule has 11 rings (SSSR count). The van der Waals surface area contributed by atoms with Crippen LogP contribution < -0.4 is 4.90 Å². The summed E-state index contributed by atoms with van der Waals surface area (Å²) in [6, 6.07) is 50.3. The number of hydrogen-bond acceptors (Lipinski definition) is 4. The molecule has 5 heterocycles. The van der Waals surface area contributed by atoms with E-state index in [4.69, 9.17) is 9.97 Å². The molecule has 7 heteroatoms. The number of aromatic nitrogens is 3. The Hall–Kier alpha value is -5.42. The fourth-order valence-electron chi connectivity index (χ4n) is 8.40. The second-order valence-corrected chi connectivity index (χ2v) is 15.2. The van der Waals surface area contributed by atoms with Gasteiger partial charge in [-0.05, 0) is 47.3 Å². The van der Waals surface area contributed by atoms with E-state index in [1.165, 1.54) is 25.7 Å². The Morgan fingerprint density at radius 1 is 0.679 bits per heavy atom. The van der Waals surface area contributed by atoms with Crippen LogP contribution in [-0.4, -0.2) is 14.4 Å². The summed E-state index contributed by atoms with van der Waals surface area (Å²) in [6.07, 6.45) is 0.371. The first-order valence-electron chi connectivity index (χ1n) is 17.5. The van der Waals surface area contributed by atoms with Crippen molar-refractivity contribution in [2.45, 2.75) is 25.4 Å². The van der Waals surface area contributed by atoms with Gasteiger partial charge in [-0.15, -0.1) is 41.2 Å². The molecule has 0 amide bonds. The summed E-state index contributed by atoms with van der Waals surface area (Å²) in [5.41, 5.74) is 8.43. The molecule has 1 aliphatic rings. The Bertz CT molecular complexity index is 3110. The van der Waals surface area contributed by atoms with E-state index in [1.807, 2.05) is 72.9 Å². The molecule has 53 heavy (non-hydrogen) atoms. The van der Waals surface area contributed by atoms with Crippen molar-refractivity contribution in [2.75, 3.05) is 4.90 Å². The maximum absolute atomic E-state index is 17.1. The number of anilines is 3. The zero-order valence-electron chi connectivity index (χ0n) is 28.7. The number of alkyl halides is 1. The van der Waals surface area contributed by atoms with Crippen molar-refractivity contribution < 1.29 is 25.5 Å². The first-order valence-corrected chi connectivity index (χ1v) is 18.3. The van der Waals surface area contributed by atoms with Crippen LogP contribution in [-0.2, 0) is 26.5 Å². The molecule has 0 saturated carbocycles. The minimum atomic E-state index is -1.47. The monoisotopic (exact) mass is 883 g/mol. The van der Waals surface area contributed by atoms with Crippen LogP contribution in [0.15, 0.2) is 134 Å². The normalized spacial score (nSPS) is 14.2. The molecule has 0 radical (unpaired) electrons. The third kappa shape index (κ3) is 4.55. The summed E-state index contributed by atoms with van der Waals surface area (Å²) >= 11 is 1.79. The number of hydrogen-bond donors (Lipinski definition) is 0. The van der Waals surface area contributed by atoms with Crippen LogP contribution in [0.1, 0.15) is 42.3 Å². The van der Waals surface area contributed by atoms with E-state index in [0.29, 0.717) is 11.1 Å². The molecule has 0 bridgehead atoms. The van der Waals surface area contributed by atoms with Gasteiger partial charge in [0, 0.05) is 42.9 Å². The van der Waals surface area contributed by atoms with E-state index in [9.17, 15) is 0 Å². The fraction of sp³-hybridized carbons (Fsp3) is 0.0870. The Morgan fingerprint density at radius 3 is 2.34 bits per heavy atom. The van der Waals surface area contributed by atoms with Gasteiger partial charge in [0.05, 0.1) is 22.4 Å². The molecule has 1 unspecified atom stereocenters. The van der Waals surface area contributed by atoms with Crippen molar-refractivity contribution in [3.63, 3.8) is 0 Å². The fourth-order valence-corrected chi connectivity index (χ4v) is 9.50. The predicted octanol–water partition coefficient (Wildman–Crippen LogP) is 12.3. The summed E-state index contributed by atoms with van der Waals surface area (Å²) in [7, 11) is 0. The molecule has 0 spiro atoms. The van der Waals surface area contributed by atoms with Gasteiger partial charge in [0.2, 0.25) is 0 Å². The number of para-hydroxylation sites is 3. The number of thiophene rings is 1. The second kappa shape index (κ2) is 11.8. The third-order valence-electron chi connectivity index (χ3n) is 10.9. The average molecular weight is 884 g/mol. The first kappa shape index (κ1) is 32.2. The van der Waals surface area contributed by atoms with Crippen LogP contribution >= 0.6 is 11.3 Å². The van der Waals surface area contributed by atoms with Crippen molar-refractivity contribution in [3.8, 4) is 0 Å². The zero-order chi connectivity index (χ0) is 34.7. The number of nitrogens with zero attached hydrogens (tertiary/aromatic N) is 4. The molecule has 4 nitrogen and oxygen atoms in total. The Kier molecular flexibility index (Phi) is 7.18. The summed E-state index contributed by atoms with van der Waals surface area (Å²) < 4.78 is 21.7. The number of imidazole rings is 1. The van der Waals surface area contributed by atoms with Crippen molar-refractivity contribution in [3.05, 3.63) is 168 Å². The standard InChI is InChI=1S/C46H29FN4S.Pt/c1-46(2)34-22-23-40-41(32-14-4-8-19-39(32)52-40)43(34)50(45-35(46)15-10-24-48-45)29-12-9-11-27(25-29)42(47)28-20-21-30-31-13-3-6-17-37(31)51-38-18-7-5-16-36(38)49-44(51)33(30)26-28;/h3-24,42H,1-2H3;/q-2;+2. The summed E-state index contributed by atoms with van der Waals surface area (Å²) in [4.78, 5) is 12.2. The second-order valence-electron chi connectivity index (χ2n) is 14.1. The van der Waals surface area contributed by atoms with Crippen LogP contribution in [0, 0.1) is 12.1 Å². The summed E-state index contributed by atoms with van der Waals surface area (Å²) in [5.74, 6) is 0.838. The van der Waals surface area contributed by atoms with Crippen LogP contribution in [0.25, 0.3) is 58.5 Å². The van der Waals surface area contributed by atoms with Crippen LogP contribution in [0.2, 0.25) is 0 Å². The van der Waals surface area contributed by atoms with Crippen molar-refractivity contribution in [1.29, 1.82) is 0 Å². The summed E-state index contributed by atoms with van der Waals surface area (Å²) in [6.45, 7) is 4.53. The molecular formula is C46H29FN4PtS. The minimum absolute atomic E-state index is 0. The van der Waals surface area contributed by atoms with E-state index in [-0.39, 0.29) is 26.5 Å². The molecular weight excluding hydrogens is 855 g/mol. The van der Waals surface area contributed by atoms with Gasteiger partial charge in [-0.1, -0.05) is 96.5 Å². The summed E-state index contributed by atoms with van der Waals surface area (Å²) in [5, 5.41) is 5.25. The van der Waals surface area contributed by atoms with Gasteiger partial charge in [0.15, 0.2) is 0 Å². The SMILES string of the molecule is CC1(C)c2cccnc2N(c2[c-]c(C(F)c3[c-]c4c(cc3)c3ccccc3n3c5ccccc5nc43)ccc2)c2c1ccc1sc3ccccc3c21.[Pt+2]. The number of rotatable bonds is 3. The molecule has 0 fully saturated rings. The van der Waals surface area contributed by atoms with Crippen LogP contribution in [0.3, 0.4) is 0 Å². The van der Waals surface area contributed by atoms with E-state index >= 15 is 4.39 Å². The van der Waals surface area contributed by atoms with Gasteiger partial charge in [-0.3, -0.25) is 4.98 Å². The Balaban J connectivity index is 0.00000349. The molecule has 0 aliphatic carbocycles. The van der Waals surface area contributed by atoms with Crippen LogP contribution in [0.4, 0.5) is 21.6 Å². The van der Waals surface area contributed by atoms with Gasteiger partial charge in [0.1, 0.15) is 12.0 Å². The van der Waals surface area contributed by atoms with Crippen molar-refractivity contribution in [2.24, 2.45) is 0 Å². The quantitative estimate of drug-likeness (QED) is 0.131. The number of benzene rings is 6. The minimum Gasteiger partial charge on any atom is -0.333 e. The number of fused-ring (bicyclic) bond motifs is 14. The van der Waals surface area contributed by atoms with Crippen molar-refractivity contribution >= 4 is 87.1 Å². The third-order valence-corrected chi connectivity index (χ3v) is 12.0. The van der Waals surface area contributed by atoms with E-state index in [1.54, 1.807) is 11.3 Å². The van der Waals surface area contributed by atoms with Crippen molar-refractivity contribution in [1.82, 2.24) is 14.4 Å². The predicted molar refractivity (Wildman–Crippen MR) is 212 cm³/mol. The van der Waals surface area contributed by atoms with Gasteiger partial charge < -0.3 is 9.30 Å². The zero-order valence-corrected chi connectivity index (χ0v) is 31.8.